The van der Waals surface area contributed by atoms with Crippen LogP contribution in [0.5, 0.6) is 5.75 Å². The highest BCUT2D eigenvalue weighted by molar-refractivity contribution is 5.34. The molecule has 0 amide bonds. The van der Waals surface area contributed by atoms with Gasteiger partial charge < -0.3 is 14.9 Å². The van der Waals surface area contributed by atoms with Crippen molar-refractivity contribution in [3.8, 4) is 5.75 Å². The molecule has 1 atom stereocenters. The number of aliphatic hydroxyl groups is 1. The van der Waals surface area contributed by atoms with Crippen LogP contribution in [0.4, 0.5) is 48.3 Å². The van der Waals surface area contributed by atoms with Crippen molar-refractivity contribution in [3.63, 3.8) is 0 Å². The molecule has 0 aromatic heterocycles. The lowest BCUT2D eigenvalue weighted by Crippen LogP contribution is -2.67. The molecule has 1 rings (SSSR count). The maximum atomic E-state index is 13.5. The van der Waals surface area contributed by atoms with Crippen LogP contribution >= 0.6 is 0 Å². The summed E-state index contributed by atoms with van der Waals surface area (Å²) in [7, 11) is 0. The number of hydrogen-bond acceptors (Lipinski definition) is 3. The second kappa shape index (κ2) is 8.81. The Morgan fingerprint density at radius 2 is 1.39 bits per heavy atom. The molecule has 0 fully saturated rings. The standard InChI is InChI=1S/C17H15F11O3/c1-9(6-12(30)10-4-2-3-5-11(10)29)7-31-8-13(18,19)14(20,21)15(22,23)16(24,25)17(26,27)28/h2-5,12,29-30H,1,6-8H2. The number of hydrogen-bond donors (Lipinski definition) is 2. The first-order valence-corrected chi connectivity index (χ1v) is 8.08. The van der Waals surface area contributed by atoms with Crippen LogP contribution in [0.1, 0.15) is 18.1 Å². The lowest BCUT2D eigenvalue weighted by Gasteiger charge is -2.37. The highest BCUT2D eigenvalue weighted by atomic mass is 19.4. The molecule has 0 saturated heterocycles. The van der Waals surface area contributed by atoms with Crippen LogP contribution in [-0.4, -0.2) is 53.3 Å². The van der Waals surface area contributed by atoms with Crippen LogP contribution in [0.25, 0.3) is 0 Å². The zero-order valence-electron chi connectivity index (χ0n) is 15.2. The lowest BCUT2D eigenvalue weighted by molar-refractivity contribution is -0.424. The average molecular weight is 476 g/mol. The van der Waals surface area contributed by atoms with E-state index in [-0.39, 0.29) is 16.9 Å². The fourth-order valence-electron chi connectivity index (χ4n) is 2.23. The predicted molar refractivity (Wildman–Crippen MR) is 83.5 cm³/mol. The molecule has 0 bridgehead atoms. The molecule has 1 aromatic carbocycles. The largest absolute Gasteiger partial charge is 0.508 e. The smallest absolute Gasteiger partial charge is 0.460 e. The fraction of sp³-hybridized carbons (Fsp3) is 0.529. The van der Waals surface area contributed by atoms with E-state index in [0.29, 0.717) is 0 Å². The third-order valence-electron chi connectivity index (χ3n) is 3.97. The first-order valence-electron chi connectivity index (χ1n) is 8.08. The molecular weight excluding hydrogens is 461 g/mol. The Bertz CT molecular complexity index is 775. The number of halogens is 11. The van der Waals surface area contributed by atoms with Crippen molar-refractivity contribution in [2.75, 3.05) is 13.2 Å². The number of benzene rings is 1. The Balaban J connectivity index is 2.81. The van der Waals surface area contributed by atoms with Crippen molar-refractivity contribution >= 4 is 0 Å². The van der Waals surface area contributed by atoms with Gasteiger partial charge in [0.1, 0.15) is 12.4 Å². The monoisotopic (exact) mass is 476 g/mol. The Labute approximate surface area is 167 Å². The summed E-state index contributed by atoms with van der Waals surface area (Å²) in [5, 5.41) is 19.4. The van der Waals surface area contributed by atoms with Gasteiger partial charge in [-0.25, -0.2) is 0 Å². The second-order valence-electron chi connectivity index (χ2n) is 6.45. The molecule has 14 heteroatoms. The van der Waals surface area contributed by atoms with E-state index in [2.05, 4.69) is 11.3 Å². The van der Waals surface area contributed by atoms with Gasteiger partial charge in [0.05, 0.1) is 12.7 Å². The first kappa shape index (κ1) is 26.9. The molecule has 3 nitrogen and oxygen atoms in total. The summed E-state index contributed by atoms with van der Waals surface area (Å²) in [6.45, 7) is -0.493. The van der Waals surface area contributed by atoms with Gasteiger partial charge in [0.15, 0.2) is 0 Å². The molecule has 0 aliphatic carbocycles. The maximum Gasteiger partial charge on any atom is 0.460 e. The van der Waals surface area contributed by atoms with Gasteiger partial charge in [-0.3, -0.25) is 0 Å². The number of phenolic OH excluding ortho intramolecular Hbond substituents is 1. The summed E-state index contributed by atoms with van der Waals surface area (Å²) in [5.41, 5.74) is -0.309. The Morgan fingerprint density at radius 3 is 1.87 bits per heavy atom. The third kappa shape index (κ3) is 5.22. The van der Waals surface area contributed by atoms with Gasteiger partial charge in [0, 0.05) is 12.0 Å². The maximum absolute atomic E-state index is 13.5. The molecule has 0 aliphatic rings. The van der Waals surface area contributed by atoms with Gasteiger partial charge in [0.25, 0.3) is 0 Å². The summed E-state index contributed by atoms with van der Waals surface area (Å²) in [6, 6.07) is 5.28. The minimum absolute atomic E-state index is 0.0328. The van der Waals surface area contributed by atoms with Gasteiger partial charge in [-0.2, -0.15) is 48.3 Å². The Kier molecular flexibility index (Phi) is 7.65. The molecule has 1 unspecified atom stereocenters. The molecule has 0 spiro atoms. The number of phenols is 1. The molecule has 2 N–H and O–H groups in total. The Hall–Kier alpha value is -2.09. The van der Waals surface area contributed by atoms with Crippen LogP contribution < -0.4 is 0 Å². The van der Waals surface area contributed by atoms with Crippen molar-refractivity contribution in [1.82, 2.24) is 0 Å². The van der Waals surface area contributed by atoms with Crippen molar-refractivity contribution in [1.29, 1.82) is 0 Å². The van der Waals surface area contributed by atoms with Gasteiger partial charge >= 0.3 is 29.9 Å². The zero-order valence-corrected chi connectivity index (χ0v) is 15.2. The Morgan fingerprint density at radius 1 is 0.871 bits per heavy atom. The van der Waals surface area contributed by atoms with E-state index in [1.165, 1.54) is 24.3 Å². The van der Waals surface area contributed by atoms with Crippen LogP contribution in [0.2, 0.25) is 0 Å². The van der Waals surface area contributed by atoms with E-state index in [1.54, 1.807) is 0 Å². The SMILES string of the molecule is C=C(COCC(F)(F)C(F)(F)C(F)(F)C(F)(F)C(F)(F)F)CC(O)c1ccccc1O. The van der Waals surface area contributed by atoms with Crippen molar-refractivity contribution in [2.24, 2.45) is 0 Å². The van der Waals surface area contributed by atoms with Crippen LogP contribution in [0.15, 0.2) is 36.4 Å². The van der Waals surface area contributed by atoms with Gasteiger partial charge in [-0.15, -0.1) is 0 Å². The molecule has 0 saturated carbocycles. The lowest BCUT2D eigenvalue weighted by atomic mass is 9.98. The zero-order chi connectivity index (χ0) is 24.5. The van der Waals surface area contributed by atoms with E-state index >= 15 is 0 Å². The van der Waals surface area contributed by atoms with E-state index < -0.39 is 55.6 Å². The quantitative estimate of drug-likeness (QED) is 0.347. The number of aromatic hydroxyl groups is 1. The average Bonchev–Trinajstić information content (AvgIpc) is 2.60. The van der Waals surface area contributed by atoms with Crippen LogP contribution in [0.3, 0.4) is 0 Å². The molecule has 0 aliphatic heterocycles. The normalized spacial score (nSPS) is 15.1. The molecule has 31 heavy (non-hydrogen) atoms. The van der Waals surface area contributed by atoms with Gasteiger partial charge in [-0.05, 0) is 11.6 Å². The number of rotatable bonds is 10. The molecule has 1 aromatic rings. The number of alkyl halides is 11. The van der Waals surface area contributed by atoms with Gasteiger partial charge in [-0.1, -0.05) is 24.8 Å². The van der Waals surface area contributed by atoms with E-state index in [4.69, 9.17) is 0 Å². The second-order valence-corrected chi connectivity index (χ2v) is 6.45. The minimum Gasteiger partial charge on any atom is -0.508 e. The van der Waals surface area contributed by atoms with E-state index in [9.17, 15) is 58.5 Å². The summed E-state index contributed by atoms with van der Waals surface area (Å²) in [5.74, 6) is -28.6. The van der Waals surface area contributed by atoms with Crippen LogP contribution in [0, 0.1) is 0 Å². The highest BCUT2D eigenvalue weighted by Crippen LogP contribution is 2.57. The third-order valence-corrected chi connectivity index (χ3v) is 3.97. The number of para-hydroxylation sites is 1. The molecular formula is C17H15F11O3. The fourth-order valence-corrected chi connectivity index (χ4v) is 2.23. The predicted octanol–water partition coefficient (Wildman–Crippen LogP) is 5.49. The van der Waals surface area contributed by atoms with Gasteiger partial charge in [0.2, 0.25) is 0 Å². The first-order chi connectivity index (χ1) is 13.8. The molecule has 0 heterocycles. The highest BCUT2D eigenvalue weighted by Gasteiger charge is 2.87. The topological polar surface area (TPSA) is 49.7 Å². The van der Waals surface area contributed by atoms with E-state index in [0.717, 1.165) is 0 Å². The summed E-state index contributed by atoms with van der Waals surface area (Å²) in [4.78, 5) is 0. The van der Waals surface area contributed by atoms with Crippen molar-refractivity contribution < 1.29 is 63.2 Å². The summed E-state index contributed by atoms with van der Waals surface area (Å²) in [6.07, 6.45) is -9.18. The minimum atomic E-state index is -7.50. The van der Waals surface area contributed by atoms with Crippen molar-refractivity contribution in [3.05, 3.63) is 42.0 Å². The van der Waals surface area contributed by atoms with Crippen molar-refractivity contribution in [2.45, 2.75) is 42.4 Å². The summed E-state index contributed by atoms with van der Waals surface area (Å²) >= 11 is 0. The summed E-state index contributed by atoms with van der Waals surface area (Å²) < 4.78 is 145. The number of ether oxygens (including phenoxy) is 1. The van der Waals surface area contributed by atoms with E-state index in [1.807, 2.05) is 0 Å². The van der Waals surface area contributed by atoms with Crippen LogP contribution in [-0.2, 0) is 4.74 Å². The molecule has 0 radical (unpaired) electrons. The number of aliphatic hydroxyl groups excluding tert-OH is 1. The molecule has 178 valence electrons.